The maximum atomic E-state index is 10.7. The first-order chi connectivity index (χ1) is 9.13. The SMILES string of the molecule is COCC(C)n1c(SCC(=O)O)nc2cnccc21. The number of fused-ring (bicyclic) bond motifs is 1. The first-order valence-corrected chi connectivity index (χ1v) is 6.77. The number of carbonyl (C=O) groups is 1. The van der Waals surface area contributed by atoms with E-state index in [1.54, 1.807) is 19.5 Å². The molecule has 0 aliphatic rings. The predicted octanol–water partition coefficient (Wildman–Crippen LogP) is 1.82. The Morgan fingerprint density at radius 2 is 2.42 bits per heavy atom. The minimum atomic E-state index is -0.860. The fraction of sp³-hybridized carbons (Fsp3) is 0.417. The molecule has 0 saturated heterocycles. The van der Waals surface area contributed by atoms with Gasteiger partial charge in [0.1, 0.15) is 5.52 Å². The topological polar surface area (TPSA) is 77.2 Å². The fourth-order valence-corrected chi connectivity index (χ4v) is 2.73. The maximum absolute atomic E-state index is 10.7. The van der Waals surface area contributed by atoms with Crippen molar-refractivity contribution in [3.8, 4) is 0 Å². The first-order valence-electron chi connectivity index (χ1n) is 5.79. The third kappa shape index (κ3) is 3.05. The Hall–Kier alpha value is -1.60. The number of thioether (sulfide) groups is 1. The third-order valence-corrected chi connectivity index (χ3v) is 3.57. The van der Waals surface area contributed by atoms with Gasteiger partial charge in [-0.05, 0) is 13.0 Å². The van der Waals surface area contributed by atoms with Crippen molar-refractivity contribution in [2.45, 2.75) is 18.1 Å². The molecule has 0 fully saturated rings. The zero-order chi connectivity index (χ0) is 13.8. The Kier molecular flexibility index (Phi) is 4.39. The summed E-state index contributed by atoms with van der Waals surface area (Å²) in [7, 11) is 1.64. The van der Waals surface area contributed by atoms with Crippen LogP contribution in [0, 0.1) is 0 Å². The molecule has 102 valence electrons. The number of imidazole rings is 1. The molecule has 0 aliphatic heterocycles. The molecule has 2 aromatic heterocycles. The molecule has 2 rings (SSSR count). The number of carboxylic acids is 1. The highest BCUT2D eigenvalue weighted by atomic mass is 32.2. The monoisotopic (exact) mass is 281 g/mol. The molecular formula is C12H15N3O3S. The molecule has 0 saturated carbocycles. The molecule has 0 bridgehead atoms. The Labute approximate surface area is 114 Å². The molecule has 2 heterocycles. The average molecular weight is 281 g/mol. The fourth-order valence-electron chi connectivity index (χ4n) is 1.90. The van der Waals surface area contributed by atoms with E-state index in [-0.39, 0.29) is 11.8 Å². The van der Waals surface area contributed by atoms with E-state index in [0.717, 1.165) is 11.0 Å². The molecular weight excluding hydrogens is 266 g/mol. The number of nitrogens with zero attached hydrogens (tertiary/aromatic N) is 3. The van der Waals surface area contributed by atoms with Crippen LogP contribution in [0.1, 0.15) is 13.0 Å². The van der Waals surface area contributed by atoms with Crippen molar-refractivity contribution in [3.05, 3.63) is 18.5 Å². The maximum Gasteiger partial charge on any atom is 0.313 e. The van der Waals surface area contributed by atoms with Crippen LogP contribution in [0.3, 0.4) is 0 Å². The van der Waals surface area contributed by atoms with Gasteiger partial charge in [0.25, 0.3) is 0 Å². The second-order valence-electron chi connectivity index (χ2n) is 4.12. The molecule has 0 spiro atoms. The van der Waals surface area contributed by atoms with Gasteiger partial charge in [-0.15, -0.1) is 0 Å². The summed E-state index contributed by atoms with van der Waals surface area (Å²) in [5.41, 5.74) is 1.70. The number of hydrogen-bond acceptors (Lipinski definition) is 5. The van der Waals surface area contributed by atoms with Crippen LogP contribution in [0.15, 0.2) is 23.6 Å². The van der Waals surface area contributed by atoms with Crippen molar-refractivity contribution in [2.24, 2.45) is 0 Å². The van der Waals surface area contributed by atoms with Gasteiger partial charge in [-0.3, -0.25) is 9.78 Å². The number of pyridine rings is 1. The van der Waals surface area contributed by atoms with E-state index in [2.05, 4.69) is 9.97 Å². The van der Waals surface area contributed by atoms with Crippen molar-refractivity contribution in [3.63, 3.8) is 0 Å². The minimum absolute atomic E-state index is 0.0174. The van der Waals surface area contributed by atoms with Gasteiger partial charge in [-0.25, -0.2) is 4.98 Å². The number of carboxylic acid groups (broad SMARTS) is 1. The zero-order valence-electron chi connectivity index (χ0n) is 10.7. The third-order valence-electron chi connectivity index (χ3n) is 2.63. The van der Waals surface area contributed by atoms with E-state index < -0.39 is 5.97 Å². The lowest BCUT2D eigenvalue weighted by Crippen LogP contribution is -2.12. The molecule has 19 heavy (non-hydrogen) atoms. The number of aromatic nitrogens is 3. The molecule has 0 amide bonds. The van der Waals surface area contributed by atoms with Gasteiger partial charge in [0.05, 0.1) is 30.1 Å². The molecule has 1 N–H and O–H groups in total. The number of aliphatic carboxylic acids is 1. The minimum Gasteiger partial charge on any atom is -0.481 e. The largest absolute Gasteiger partial charge is 0.481 e. The average Bonchev–Trinajstić information content (AvgIpc) is 2.74. The van der Waals surface area contributed by atoms with Crippen LogP contribution in [0.25, 0.3) is 11.0 Å². The van der Waals surface area contributed by atoms with E-state index in [1.807, 2.05) is 17.6 Å². The molecule has 1 unspecified atom stereocenters. The molecule has 0 aliphatic carbocycles. The van der Waals surface area contributed by atoms with Crippen molar-refractivity contribution in [2.75, 3.05) is 19.5 Å². The Morgan fingerprint density at radius 3 is 3.11 bits per heavy atom. The molecule has 2 aromatic rings. The normalized spacial score (nSPS) is 12.7. The summed E-state index contributed by atoms with van der Waals surface area (Å²) in [4.78, 5) is 19.2. The van der Waals surface area contributed by atoms with E-state index in [9.17, 15) is 4.79 Å². The van der Waals surface area contributed by atoms with E-state index in [4.69, 9.17) is 9.84 Å². The molecule has 0 radical (unpaired) electrons. The Morgan fingerprint density at radius 1 is 1.63 bits per heavy atom. The Bertz CT molecular complexity index is 585. The van der Waals surface area contributed by atoms with Gasteiger partial charge in [-0.1, -0.05) is 11.8 Å². The summed E-state index contributed by atoms with van der Waals surface area (Å²) in [6.45, 7) is 2.55. The number of methoxy groups -OCH3 is 1. The number of hydrogen-bond donors (Lipinski definition) is 1. The lowest BCUT2D eigenvalue weighted by Gasteiger charge is -2.16. The molecule has 7 heteroatoms. The zero-order valence-corrected chi connectivity index (χ0v) is 11.6. The summed E-state index contributed by atoms with van der Waals surface area (Å²) >= 11 is 1.20. The second kappa shape index (κ2) is 6.03. The van der Waals surface area contributed by atoms with E-state index in [1.165, 1.54) is 11.8 Å². The highest BCUT2D eigenvalue weighted by molar-refractivity contribution is 7.99. The predicted molar refractivity (Wildman–Crippen MR) is 72.5 cm³/mol. The molecule has 6 nitrogen and oxygen atoms in total. The van der Waals surface area contributed by atoms with Crippen LogP contribution >= 0.6 is 11.8 Å². The first kappa shape index (κ1) is 13.8. The highest BCUT2D eigenvalue weighted by Gasteiger charge is 2.17. The van der Waals surface area contributed by atoms with Crippen LogP contribution in [-0.2, 0) is 9.53 Å². The van der Waals surface area contributed by atoms with Gasteiger partial charge >= 0.3 is 5.97 Å². The van der Waals surface area contributed by atoms with Gasteiger partial charge in [0, 0.05) is 13.3 Å². The smallest absolute Gasteiger partial charge is 0.313 e. The van der Waals surface area contributed by atoms with Crippen LogP contribution in [-0.4, -0.2) is 45.1 Å². The number of ether oxygens (including phenoxy) is 1. The van der Waals surface area contributed by atoms with E-state index in [0.29, 0.717) is 11.8 Å². The standard InChI is InChI=1S/C12H15N3O3S/c1-8(6-18-2)15-10-3-4-13-5-9(10)14-12(15)19-7-11(16)17/h3-5,8H,6-7H2,1-2H3,(H,16,17). The van der Waals surface area contributed by atoms with Crippen molar-refractivity contribution in [1.29, 1.82) is 0 Å². The van der Waals surface area contributed by atoms with Crippen LogP contribution < -0.4 is 0 Å². The van der Waals surface area contributed by atoms with Gasteiger partial charge < -0.3 is 14.4 Å². The van der Waals surface area contributed by atoms with Gasteiger partial charge in [0.2, 0.25) is 0 Å². The van der Waals surface area contributed by atoms with E-state index >= 15 is 0 Å². The summed E-state index contributed by atoms with van der Waals surface area (Å²) in [5, 5.41) is 9.46. The molecule has 0 aromatic carbocycles. The highest BCUT2D eigenvalue weighted by Crippen LogP contribution is 2.27. The summed E-state index contributed by atoms with van der Waals surface area (Å²) in [5.74, 6) is -0.877. The lowest BCUT2D eigenvalue weighted by molar-refractivity contribution is -0.133. The number of rotatable bonds is 6. The second-order valence-corrected chi connectivity index (χ2v) is 5.06. The molecule has 1 atom stereocenters. The van der Waals surface area contributed by atoms with Crippen molar-refractivity contribution in [1.82, 2.24) is 14.5 Å². The van der Waals surface area contributed by atoms with Gasteiger partial charge in [0.15, 0.2) is 5.16 Å². The van der Waals surface area contributed by atoms with Crippen molar-refractivity contribution >= 4 is 28.8 Å². The summed E-state index contributed by atoms with van der Waals surface area (Å²) in [6, 6.07) is 1.95. The van der Waals surface area contributed by atoms with Crippen LogP contribution in [0.5, 0.6) is 0 Å². The quantitative estimate of drug-likeness (QED) is 0.814. The summed E-state index contributed by atoms with van der Waals surface area (Å²) in [6.07, 6.45) is 3.38. The lowest BCUT2D eigenvalue weighted by atomic mass is 10.3. The van der Waals surface area contributed by atoms with Crippen molar-refractivity contribution < 1.29 is 14.6 Å². The van der Waals surface area contributed by atoms with Crippen LogP contribution in [0.2, 0.25) is 0 Å². The van der Waals surface area contributed by atoms with Crippen LogP contribution in [0.4, 0.5) is 0 Å². The Balaban J connectivity index is 2.42. The summed E-state index contributed by atoms with van der Waals surface area (Å²) < 4.78 is 7.16. The van der Waals surface area contributed by atoms with Gasteiger partial charge in [-0.2, -0.15) is 0 Å².